The second kappa shape index (κ2) is 8.45. The van der Waals surface area contributed by atoms with Crippen molar-refractivity contribution in [2.24, 2.45) is 5.41 Å². The Morgan fingerprint density at radius 2 is 2.19 bits per heavy atom. The molecule has 0 aliphatic carbocycles. The van der Waals surface area contributed by atoms with Crippen molar-refractivity contribution in [3.63, 3.8) is 0 Å². The fourth-order valence-corrected chi connectivity index (χ4v) is 2.70. The van der Waals surface area contributed by atoms with Crippen LogP contribution in [-0.4, -0.2) is 45.5 Å². The van der Waals surface area contributed by atoms with Crippen molar-refractivity contribution >= 4 is 15.9 Å². The van der Waals surface area contributed by atoms with Gasteiger partial charge in [-0.15, -0.1) is 0 Å². The predicted octanol–water partition coefficient (Wildman–Crippen LogP) is 2.62. The number of rotatable bonds is 8. The lowest BCUT2D eigenvalue weighted by atomic mass is 9.82. The van der Waals surface area contributed by atoms with Gasteiger partial charge in [0.05, 0.1) is 6.61 Å². The van der Waals surface area contributed by atoms with E-state index in [1.54, 1.807) is 7.11 Å². The molecule has 16 heavy (non-hydrogen) atoms. The fraction of sp³-hybridized carbons (Fsp3) is 1.00. The van der Waals surface area contributed by atoms with E-state index in [2.05, 4.69) is 15.9 Å². The molecule has 3 nitrogen and oxygen atoms in total. The van der Waals surface area contributed by atoms with E-state index in [9.17, 15) is 0 Å². The number of alkyl halides is 1. The van der Waals surface area contributed by atoms with Gasteiger partial charge in [-0.2, -0.15) is 0 Å². The van der Waals surface area contributed by atoms with Gasteiger partial charge in [-0.1, -0.05) is 15.9 Å². The smallest absolute Gasteiger partial charge is 0.0531 e. The molecule has 0 aromatic carbocycles. The Balaban J connectivity index is 2.08. The van der Waals surface area contributed by atoms with E-state index in [0.29, 0.717) is 5.41 Å². The molecular formula is C12H23BrO3. The van der Waals surface area contributed by atoms with Crippen LogP contribution in [0.1, 0.15) is 25.7 Å². The molecule has 0 saturated carbocycles. The van der Waals surface area contributed by atoms with Crippen LogP contribution in [0.4, 0.5) is 0 Å². The Kier molecular flexibility index (Phi) is 7.62. The first-order chi connectivity index (χ1) is 7.83. The summed E-state index contributed by atoms with van der Waals surface area (Å²) in [5.74, 6) is 0. The Morgan fingerprint density at radius 1 is 1.31 bits per heavy atom. The second-order valence-electron chi connectivity index (χ2n) is 4.50. The molecule has 1 heterocycles. The van der Waals surface area contributed by atoms with E-state index in [0.717, 1.165) is 51.2 Å². The third-order valence-corrected chi connectivity index (χ3v) is 4.29. The van der Waals surface area contributed by atoms with E-state index >= 15 is 0 Å². The zero-order valence-electron chi connectivity index (χ0n) is 10.2. The summed E-state index contributed by atoms with van der Waals surface area (Å²) in [5.41, 5.74) is 0.305. The molecule has 0 spiro atoms. The first-order valence-electron chi connectivity index (χ1n) is 6.03. The molecule has 1 fully saturated rings. The maximum absolute atomic E-state index is 5.61. The Morgan fingerprint density at radius 3 is 2.81 bits per heavy atom. The van der Waals surface area contributed by atoms with E-state index in [1.165, 1.54) is 12.8 Å². The van der Waals surface area contributed by atoms with Crippen LogP contribution in [0.3, 0.4) is 0 Å². The van der Waals surface area contributed by atoms with Crippen LogP contribution in [0.15, 0.2) is 0 Å². The molecule has 96 valence electrons. The van der Waals surface area contributed by atoms with Gasteiger partial charge < -0.3 is 14.2 Å². The number of halogens is 1. The van der Waals surface area contributed by atoms with Crippen molar-refractivity contribution in [1.29, 1.82) is 0 Å². The SMILES string of the molecule is COCCCOCCC1(CBr)CCCOC1. The highest BCUT2D eigenvalue weighted by molar-refractivity contribution is 9.09. The second-order valence-corrected chi connectivity index (χ2v) is 5.06. The van der Waals surface area contributed by atoms with Gasteiger partial charge in [0.1, 0.15) is 0 Å². The zero-order valence-corrected chi connectivity index (χ0v) is 11.8. The first kappa shape index (κ1) is 14.4. The molecule has 1 aliphatic heterocycles. The first-order valence-corrected chi connectivity index (χ1v) is 7.15. The van der Waals surface area contributed by atoms with E-state index < -0.39 is 0 Å². The average molecular weight is 295 g/mol. The highest BCUT2D eigenvalue weighted by Gasteiger charge is 2.31. The van der Waals surface area contributed by atoms with Crippen molar-refractivity contribution in [1.82, 2.24) is 0 Å². The van der Waals surface area contributed by atoms with Crippen molar-refractivity contribution in [2.75, 3.05) is 45.5 Å². The molecule has 1 aliphatic rings. The number of hydrogen-bond acceptors (Lipinski definition) is 3. The highest BCUT2D eigenvalue weighted by Crippen LogP contribution is 2.34. The largest absolute Gasteiger partial charge is 0.385 e. The molecule has 1 saturated heterocycles. The van der Waals surface area contributed by atoms with Crippen molar-refractivity contribution in [2.45, 2.75) is 25.7 Å². The summed E-state index contributed by atoms with van der Waals surface area (Å²) in [6, 6.07) is 0. The van der Waals surface area contributed by atoms with Crippen LogP contribution in [0.2, 0.25) is 0 Å². The maximum Gasteiger partial charge on any atom is 0.0531 e. The summed E-state index contributed by atoms with van der Waals surface area (Å²) in [7, 11) is 1.72. The molecule has 1 unspecified atom stereocenters. The van der Waals surface area contributed by atoms with Crippen LogP contribution in [-0.2, 0) is 14.2 Å². The number of methoxy groups -OCH3 is 1. The van der Waals surface area contributed by atoms with Gasteiger partial charge in [-0.25, -0.2) is 0 Å². The van der Waals surface area contributed by atoms with Gasteiger partial charge in [0, 0.05) is 44.3 Å². The van der Waals surface area contributed by atoms with E-state index in [1.807, 2.05) is 0 Å². The summed E-state index contributed by atoms with van der Waals surface area (Å²) in [4.78, 5) is 0. The number of ether oxygens (including phenoxy) is 3. The average Bonchev–Trinajstić information content (AvgIpc) is 2.35. The van der Waals surface area contributed by atoms with Gasteiger partial charge in [0.15, 0.2) is 0 Å². The van der Waals surface area contributed by atoms with Crippen molar-refractivity contribution < 1.29 is 14.2 Å². The van der Waals surface area contributed by atoms with Crippen LogP contribution >= 0.6 is 15.9 Å². The van der Waals surface area contributed by atoms with Crippen molar-refractivity contribution in [3.05, 3.63) is 0 Å². The summed E-state index contributed by atoms with van der Waals surface area (Å²) in [5, 5.41) is 1.02. The van der Waals surface area contributed by atoms with Crippen LogP contribution in [0.25, 0.3) is 0 Å². The highest BCUT2D eigenvalue weighted by atomic mass is 79.9. The predicted molar refractivity (Wildman–Crippen MR) is 68.2 cm³/mol. The zero-order chi connectivity index (χ0) is 11.7. The molecule has 1 atom stereocenters. The summed E-state index contributed by atoms with van der Waals surface area (Å²) in [6.45, 7) is 4.21. The van der Waals surface area contributed by atoms with Gasteiger partial charge >= 0.3 is 0 Å². The Bertz CT molecular complexity index is 170. The quantitative estimate of drug-likeness (QED) is 0.509. The fourth-order valence-electron chi connectivity index (χ4n) is 1.98. The molecule has 0 aromatic rings. The van der Waals surface area contributed by atoms with Crippen LogP contribution in [0, 0.1) is 5.41 Å². The normalized spacial score (nSPS) is 25.9. The van der Waals surface area contributed by atoms with E-state index in [-0.39, 0.29) is 0 Å². The van der Waals surface area contributed by atoms with Gasteiger partial charge in [0.2, 0.25) is 0 Å². The third kappa shape index (κ3) is 5.13. The molecule has 0 aromatic heterocycles. The standard InChI is InChI=1S/C12H23BrO3/c1-14-6-3-8-15-9-5-12(10-13)4-2-7-16-11-12/h2-11H2,1H3. The Labute approximate surface area is 107 Å². The molecular weight excluding hydrogens is 272 g/mol. The lowest BCUT2D eigenvalue weighted by Crippen LogP contribution is -2.34. The minimum absolute atomic E-state index is 0.305. The van der Waals surface area contributed by atoms with Crippen LogP contribution in [0.5, 0.6) is 0 Å². The van der Waals surface area contributed by atoms with Crippen molar-refractivity contribution in [3.8, 4) is 0 Å². The molecule has 1 rings (SSSR count). The minimum Gasteiger partial charge on any atom is -0.385 e. The molecule has 0 bridgehead atoms. The molecule has 0 N–H and O–H groups in total. The lowest BCUT2D eigenvalue weighted by molar-refractivity contribution is -0.0156. The minimum atomic E-state index is 0.305. The molecule has 0 radical (unpaired) electrons. The van der Waals surface area contributed by atoms with Gasteiger partial charge in [0.25, 0.3) is 0 Å². The summed E-state index contributed by atoms with van der Waals surface area (Å²) < 4.78 is 16.1. The Hall–Kier alpha value is 0.360. The summed E-state index contributed by atoms with van der Waals surface area (Å²) in [6.07, 6.45) is 4.49. The topological polar surface area (TPSA) is 27.7 Å². The lowest BCUT2D eigenvalue weighted by Gasteiger charge is -2.35. The van der Waals surface area contributed by atoms with E-state index in [4.69, 9.17) is 14.2 Å². The molecule has 4 heteroatoms. The maximum atomic E-state index is 5.61. The van der Waals surface area contributed by atoms with Crippen LogP contribution < -0.4 is 0 Å². The third-order valence-electron chi connectivity index (χ3n) is 3.10. The van der Waals surface area contributed by atoms with Gasteiger partial charge in [-0.05, 0) is 25.7 Å². The molecule has 0 amide bonds. The monoisotopic (exact) mass is 294 g/mol. The number of hydrogen-bond donors (Lipinski definition) is 0. The van der Waals surface area contributed by atoms with Gasteiger partial charge in [-0.3, -0.25) is 0 Å². The summed E-state index contributed by atoms with van der Waals surface area (Å²) >= 11 is 3.61.